The maximum Gasteiger partial charge on any atom is 0.101 e. The maximum absolute atomic E-state index is 8.81. The van der Waals surface area contributed by atoms with E-state index in [1.54, 1.807) is 17.5 Å². The van der Waals surface area contributed by atoms with Crippen LogP contribution >= 0.6 is 24.0 Å². The largest absolute Gasteiger partial charge is 0.192 e. The van der Waals surface area contributed by atoms with Crippen molar-refractivity contribution in [3.05, 3.63) is 28.6 Å². The Bertz CT molecular complexity index is 584. The van der Waals surface area contributed by atoms with E-state index in [4.69, 9.17) is 10.5 Å². The van der Waals surface area contributed by atoms with Crippen molar-refractivity contribution in [2.75, 3.05) is 0 Å². The van der Waals surface area contributed by atoms with E-state index in [0.717, 1.165) is 10.1 Å². The molecule has 0 aliphatic carbocycles. The van der Waals surface area contributed by atoms with E-state index in [2.05, 4.69) is 24.8 Å². The van der Waals surface area contributed by atoms with Crippen molar-refractivity contribution in [3.63, 3.8) is 0 Å². The van der Waals surface area contributed by atoms with Crippen LogP contribution in [-0.2, 0) is 0 Å². The van der Waals surface area contributed by atoms with Crippen LogP contribution in [-0.4, -0.2) is 0 Å². The number of thiol groups is 1. The van der Waals surface area contributed by atoms with Crippen molar-refractivity contribution in [1.29, 1.82) is 10.5 Å². The Hall–Kier alpha value is -1.49. The third-order valence-corrected chi connectivity index (χ3v) is 3.25. The highest BCUT2D eigenvalue weighted by molar-refractivity contribution is 7.80. The van der Waals surface area contributed by atoms with Crippen LogP contribution < -0.4 is 0 Å². The number of nitrogens with zero attached hydrogens (tertiary/aromatic N) is 2. The molecule has 4 heteroatoms. The molecule has 0 atom stereocenters. The predicted octanol–water partition coefficient (Wildman–Crippen LogP) is 2.93. The average Bonchev–Trinajstić information content (AvgIpc) is 2.58. The van der Waals surface area contributed by atoms with Gasteiger partial charge in [0.05, 0.1) is 11.1 Å². The monoisotopic (exact) mass is 216 g/mol. The number of benzene rings is 1. The molecule has 0 spiro atoms. The van der Waals surface area contributed by atoms with Gasteiger partial charge in [0.2, 0.25) is 0 Å². The van der Waals surface area contributed by atoms with Crippen LogP contribution in [0.1, 0.15) is 11.1 Å². The summed E-state index contributed by atoms with van der Waals surface area (Å²) in [5, 5.41) is 20.3. The standard InChI is InChI=1S/C10H4N2S2/c11-3-6-1-10-8(2-9(6)13)7(4-12)5-14-10/h1-2,5,13H. The van der Waals surface area contributed by atoms with Crippen molar-refractivity contribution < 1.29 is 0 Å². The highest BCUT2D eigenvalue weighted by Gasteiger charge is 2.06. The fourth-order valence-corrected chi connectivity index (χ4v) is 2.39. The van der Waals surface area contributed by atoms with Gasteiger partial charge in [0, 0.05) is 20.4 Å². The lowest BCUT2D eigenvalue weighted by atomic mass is 10.1. The molecular formula is C10H4N2S2. The molecule has 1 aromatic carbocycles. The first-order valence-corrected chi connectivity index (χ1v) is 5.13. The molecule has 1 heterocycles. The van der Waals surface area contributed by atoms with E-state index in [-0.39, 0.29) is 0 Å². The molecule has 66 valence electrons. The van der Waals surface area contributed by atoms with Crippen molar-refractivity contribution in [3.8, 4) is 12.1 Å². The summed E-state index contributed by atoms with van der Waals surface area (Å²) in [7, 11) is 0. The SMILES string of the molecule is N#Cc1cc2scc(C#N)c2cc1S. The second-order valence-electron chi connectivity index (χ2n) is 2.74. The summed E-state index contributed by atoms with van der Waals surface area (Å²) < 4.78 is 0.955. The molecule has 2 rings (SSSR count). The Morgan fingerprint density at radius 2 is 1.86 bits per heavy atom. The first kappa shape index (κ1) is 9.08. The third kappa shape index (κ3) is 1.26. The van der Waals surface area contributed by atoms with Gasteiger partial charge in [-0.2, -0.15) is 10.5 Å². The number of nitriles is 2. The number of rotatable bonds is 0. The van der Waals surface area contributed by atoms with Gasteiger partial charge in [-0.3, -0.25) is 0 Å². The lowest BCUT2D eigenvalue weighted by Crippen LogP contribution is -1.78. The Balaban J connectivity index is 2.85. The number of hydrogen-bond donors (Lipinski definition) is 1. The van der Waals surface area contributed by atoms with Gasteiger partial charge in [0.15, 0.2) is 0 Å². The molecule has 1 aromatic heterocycles. The number of fused-ring (bicyclic) bond motifs is 1. The van der Waals surface area contributed by atoms with Crippen LogP contribution in [0.25, 0.3) is 10.1 Å². The highest BCUT2D eigenvalue weighted by Crippen LogP contribution is 2.29. The van der Waals surface area contributed by atoms with Gasteiger partial charge in [-0.05, 0) is 12.1 Å². The summed E-state index contributed by atoms with van der Waals surface area (Å²) in [6.45, 7) is 0. The van der Waals surface area contributed by atoms with Gasteiger partial charge >= 0.3 is 0 Å². The van der Waals surface area contributed by atoms with Gasteiger partial charge in [0.25, 0.3) is 0 Å². The minimum atomic E-state index is 0.548. The molecule has 0 N–H and O–H groups in total. The molecule has 0 saturated heterocycles. The Kier molecular flexibility index (Phi) is 2.17. The van der Waals surface area contributed by atoms with Crippen LogP contribution in [0.2, 0.25) is 0 Å². The van der Waals surface area contributed by atoms with Crippen molar-refractivity contribution >= 4 is 34.1 Å². The lowest BCUT2D eigenvalue weighted by Gasteiger charge is -1.96. The molecule has 0 radical (unpaired) electrons. The number of hydrogen-bond acceptors (Lipinski definition) is 4. The summed E-state index contributed by atoms with van der Waals surface area (Å²) in [5.41, 5.74) is 1.19. The normalized spacial score (nSPS) is 9.64. The van der Waals surface area contributed by atoms with Crippen LogP contribution in [0.4, 0.5) is 0 Å². The van der Waals surface area contributed by atoms with E-state index in [9.17, 15) is 0 Å². The fourth-order valence-electron chi connectivity index (χ4n) is 1.24. The predicted molar refractivity (Wildman–Crippen MR) is 58.5 cm³/mol. The van der Waals surface area contributed by atoms with Gasteiger partial charge < -0.3 is 0 Å². The van der Waals surface area contributed by atoms with Gasteiger partial charge in [-0.25, -0.2) is 0 Å². The zero-order chi connectivity index (χ0) is 10.1. The molecule has 0 amide bonds. The van der Waals surface area contributed by atoms with Crippen LogP contribution in [0, 0.1) is 22.7 Å². The van der Waals surface area contributed by atoms with Gasteiger partial charge in [0.1, 0.15) is 12.1 Å². The van der Waals surface area contributed by atoms with E-state index in [1.165, 1.54) is 11.3 Å². The van der Waals surface area contributed by atoms with E-state index in [1.807, 2.05) is 0 Å². The summed E-state index contributed by atoms with van der Waals surface area (Å²) in [5.74, 6) is 0. The summed E-state index contributed by atoms with van der Waals surface area (Å²) in [4.78, 5) is 0.620. The van der Waals surface area contributed by atoms with Crippen molar-refractivity contribution in [2.24, 2.45) is 0 Å². The summed E-state index contributed by atoms with van der Waals surface area (Å²) in [6.07, 6.45) is 0. The molecule has 0 bridgehead atoms. The maximum atomic E-state index is 8.81. The zero-order valence-electron chi connectivity index (χ0n) is 6.98. The molecule has 0 fully saturated rings. The minimum Gasteiger partial charge on any atom is -0.192 e. The Morgan fingerprint density at radius 3 is 2.50 bits per heavy atom. The quantitative estimate of drug-likeness (QED) is 0.688. The first-order valence-electron chi connectivity index (χ1n) is 3.80. The molecule has 2 aromatic rings. The van der Waals surface area contributed by atoms with Crippen LogP contribution in [0.5, 0.6) is 0 Å². The van der Waals surface area contributed by atoms with Crippen molar-refractivity contribution in [2.45, 2.75) is 4.90 Å². The fraction of sp³-hybridized carbons (Fsp3) is 0. The average molecular weight is 216 g/mol. The van der Waals surface area contributed by atoms with Crippen LogP contribution in [0.15, 0.2) is 22.4 Å². The van der Waals surface area contributed by atoms with E-state index in [0.29, 0.717) is 16.0 Å². The van der Waals surface area contributed by atoms with E-state index < -0.39 is 0 Å². The minimum absolute atomic E-state index is 0.548. The van der Waals surface area contributed by atoms with Gasteiger partial charge in [-0.15, -0.1) is 24.0 Å². The molecule has 2 nitrogen and oxygen atoms in total. The molecular weight excluding hydrogens is 212 g/mol. The molecule has 14 heavy (non-hydrogen) atoms. The molecule has 0 aliphatic heterocycles. The lowest BCUT2D eigenvalue weighted by molar-refractivity contribution is 1.41. The number of thiophene rings is 1. The van der Waals surface area contributed by atoms with Crippen molar-refractivity contribution in [1.82, 2.24) is 0 Å². The third-order valence-electron chi connectivity index (χ3n) is 1.93. The summed E-state index contributed by atoms with van der Waals surface area (Å²) in [6, 6.07) is 7.71. The summed E-state index contributed by atoms with van der Waals surface area (Å²) >= 11 is 5.66. The van der Waals surface area contributed by atoms with Gasteiger partial charge in [-0.1, -0.05) is 0 Å². The smallest absolute Gasteiger partial charge is 0.101 e. The molecule has 0 saturated carbocycles. The second kappa shape index (κ2) is 3.34. The Morgan fingerprint density at radius 1 is 1.14 bits per heavy atom. The van der Waals surface area contributed by atoms with Crippen LogP contribution in [0.3, 0.4) is 0 Å². The topological polar surface area (TPSA) is 47.6 Å². The first-order chi connectivity index (χ1) is 6.76. The Labute approximate surface area is 90.4 Å². The van der Waals surface area contributed by atoms with E-state index >= 15 is 0 Å². The molecule has 0 aliphatic rings. The highest BCUT2D eigenvalue weighted by atomic mass is 32.1. The second-order valence-corrected chi connectivity index (χ2v) is 4.13. The molecule has 0 unspecified atom stereocenters. The zero-order valence-corrected chi connectivity index (χ0v) is 8.69.